The summed E-state index contributed by atoms with van der Waals surface area (Å²) in [7, 11) is 0. The number of hydrazone groups is 1. The third-order valence-corrected chi connectivity index (χ3v) is 2.87. The molecular formula is C14H12N6O. The molecule has 1 amide bonds. The molecule has 0 fully saturated rings. The van der Waals surface area contributed by atoms with Crippen molar-refractivity contribution in [3.05, 3.63) is 54.2 Å². The number of fused-ring (bicyclic) bond motifs is 1. The average Bonchev–Trinajstić information content (AvgIpc) is 2.97. The van der Waals surface area contributed by atoms with Gasteiger partial charge < -0.3 is 4.98 Å². The van der Waals surface area contributed by atoms with Crippen LogP contribution in [0.2, 0.25) is 0 Å². The maximum Gasteiger partial charge on any atom is 0.271 e. The summed E-state index contributed by atoms with van der Waals surface area (Å²) in [4.78, 5) is 27.3. The summed E-state index contributed by atoms with van der Waals surface area (Å²) in [6, 6.07) is 6.93. The van der Waals surface area contributed by atoms with Gasteiger partial charge in [-0.3, -0.25) is 9.78 Å². The molecule has 3 heterocycles. The van der Waals surface area contributed by atoms with Gasteiger partial charge in [0.2, 0.25) is 0 Å². The first-order valence-corrected chi connectivity index (χ1v) is 6.30. The summed E-state index contributed by atoms with van der Waals surface area (Å²) >= 11 is 0. The number of amides is 1. The number of aromatic nitrogens is 4. The normalized spacial score (nSPS) is 11.6. The molecule has 0 aliphatic heterocycles. The van der Waals surface area contributed by atoms with Crippen molar-refractivity contribution >= 4 is 22.8 Å². The van der Waals surface area contributed by atoms with Crippen molar-refractivity contribution in [2.45, 2.75) is 6.92 Å². The summed E-state index contributed by atoms with van der Waals surface area (Å²) in [6.45, 7) is 1.75. The molecule has 0 saturated heterocycles. The predicted molar refractivity (Wildman–Crippen MR) is 77.8 cm³/mol. The van der Waals surface area contributed by atoms with Crippen molar-refractivity contribution in [3.63, 3.8) is 0 Å². The van der Waals surface area contributed by atoms with Crippen LogP contribution >= 0.6 is 0 Å². The molecule has 0 saturated carbocycles. The molecule has 3 aromatic heterocycles. The second kappa shape index (κ2) is 5.49. The molecule has 3 rings (SSSR count). The number of rotatable bonds is 3. The Hall–Kier alpha value is -3.09. The first-order chi connectivity index (χ1) is 10.2. The molecule has 0 spiro atoms. The van der Waals surface area contributed by atoms with E-state index in [1.165, 1.54) is 0 Å². The average molecular weight is 280 g/mol. The molecule has 0 radical (unpaired) electrons. The van der Waals surface area contributed by atoms with E-state index in [1.54, 1.807) is 37.6 Å². The minimum absolute atomic E-state index is 0.300. The van der Waals surface area contributed by atoms with Crippen molar-refractivity contribution in [2.75, 3.05) is 0 Å². The predicted octanol–water partition coefficient (Wildman–Crippen LogP) is 1.51. The van der Waals surface area contributed by atoms with Crippen LogP contribution in [-0.4, -0.2) is 31.6 Å². The number of carbonyl (C=O) groups excluding carboxylic acids is 1. The first kappa shape index (κ1) is 12.9. The fraction of sp³-hybridized carbons (Fsp3) is 0.0714. The Morgan fingerprint density at radius 1 is 1.24 bits per heavy atom. The van der Waals surface area contributed by atoms with Crippen LogP contribution in [0.3, 0.4) is 0 Å². The number of pyridine rings is 2. The molecule has 0 unspecified atom stereocenters. The third-order valence-electron chi connectivity index (χ3n) is 2.87. The van der Waals surface area contributed by atoms with E-state index in [0.29, 0.717) is 22.7 Å². The second-order valence-corrected chi connectivity index (χ2v) is 4.33. The summed E-state index contributed by atoms with van der Waals surface area (Å²) in [5, 5.41) is 4.04. The van der Waals surface area contributed by atoms with E-state index < -0.39 is 0 Å². The minimum Gasteiger partial charge on any atom is -0.336 e. The molecule has 21 heavy (non-hydrogen) atoms. The third kappa shape index (κ3) is 2.76. The largest absolute Gasteiger partial charge is 0.336 e. The lowest BCUT2D eigenvalue weighted by Gasteiger charge is -2.00. The van der Waals surface area contributed by atoms with Crippen LogP contribution in [-0.2, 0) is 0 Å². The molecule has 0 aromatic carbocycles. The Morgan fingerprint density at radius 3 is 2.81 bits per heavy atom. The number of nitrogens with one attached hydrogen (secondary N) is 2. The van der Waals surface area contributed by atoms with E-state index in [4.69, 9.17) is 0 Å². The van der Waals surface area contributed by atoms with Crippen molar-refractivity contribution < 1.29 is 4.79 Å². The van der Waals surface area contributed by atoms with Crippen molar-refractivity contribution in [3.8, 4) is 0 Å². The number of hydrogen-bond donors (Lipinski definition) is 2. The number of nitrogens with zero attached hydrogens (tertiary/aromatic N) is 4. The topological polar surface area (TPSA) is 95.9 Å². The van der Waals surface area contributed by atoms with Gasteiger partial charge in [-0.05, 0) is 31.2 Å². The van der Waals surface area contributed by atoms with Crippen LogP contribution in [0.15, 0.2) is 48.0 Å². The highest BCUT2D eigenvalue weighted by Gasteiger charge is 2.07. The Kier molecular flexibility index (Phi) is 3.38. The summed E-state index contributed by atoms with van der Waals surface area (Å²) in [5.74, 6) is 0.268. The number of aromatic amines is 1. The smallest absolute Gasteiger partial charge is 0.271 e. The molecule has 7 heteroatoms. The lowest BCUT2D eigenvalue weighted by Crippen LogP contribution is -2.19. The van der Waals surface area contributed by atoms with Gasteiger partial charge in [0.25, 0.3) is 5.91 Å². The first-order valence-electron chi connectivity index (χ1n) is 6.30. The fourth-order valence-corrected chi connectivity index (χ4v) is 1.77. The minimum atomic E-state index is -0.300. The highest BCUT2D eigenvalue weighted by Crippen LogP contribution is 2.07. The molecule has 0 atom stereocenters. The molecule has 7 nitrogen and oxygen atoms in total. The van der Waals surface area contributed by atoms with Crippen LogP contribution in [0, 0.1) is 0 Å². The maximum absolute atomic E-state index is 11.9. The van der Waals surface area contributed by atoms with Crippen LogP contribution in [0.1, 0.15) is 23.1 Å². The summed E-state index contributed by atoms with van der Waals surface area (Å²) < 4.78 is 0. The lowest BCUT2D eigenvalue weighted by molar-refractivity contribution is 0.0954. The zero-order valence-electron chi connectivity index (χ0n) is 11.2. The Labute approximate surface area is 120 Å². The van der Waals surface area contributed by atoms with Gasteiger partial charge >= 0.3 is 0 Å². The van der Waals surface area contributed by atoms with Gasteiger partial charge in [0.05, 0.1) is 5.52 Å². The molecule has 3 aromatic rings. The highest BCUT2D eigenvalue weighted by molar-refractivity contribution is 6.00. The van der Waals surface area contributed by atoms with E-state index in [1.807, 2.05) is 12.1 Å². The van der Waals surface area contributed by atoms with Crippen molar-refractivity contribution in [1.29, 1.82) is 0 Å². The summed E-state index contributed by atoms with van der Waals surface area (Å²) in [5.41, 5.74) is 4.98. The van der Waals surface area contributed by atoms with E-state index in [0.717, 1.165) is 5.52 Å². The number of hydrogen-bond acceptors (Lipinski definition) is 5. The van der Waals surface area contributed by atoms with Crippen LogP contribution < -0.4 is 5.43 Å². The molecule has 0 bridgehead atoms. The van der Waals surface area contributed by atoms with Crippen molar-refractivity contribution in [2.24, 2.45) is 5.10 Å². The van der Waals surface area contributed by atoms with Gasteiger partial charge in [-0.15, -0.1) is 0 Å². The number of H-pyrrole nitrogens is 1. The Balaban J connectivity index is 1.78. The zero-order chi connectivity index (χ0) is 14.7. The SMILES string of the molecule is C/C(=N/NC(=O)c1ccncc1)c1nc2ncccc2[nH]1. The van der Waals surface area contributed by atoms with Crippen LogP contribution in [0.25, 0.3) is 11.2 Å². The van der Waals surface area contributed by atoms with E-state index in [2.05, 4.69) is 30.5 Å². The van der Waals surface area contributed by atoms with Gasteiger partial charge in [-0.2, -0.15) is 5.10 Å². The molecule has 0 aliphatic carbocycles. The fourth-order valence-electron chi connectivity index (χ4n) is 1.77. The van der Waals surface area contributed by atoms with Gasteiger partial charge in [0.1, 0.15) is 5.71 Å². The molecule has 104 valence electrons. The van der Waals surface area contributed by atoms with Gasteiger partial charge in [0.15, 0.2) is 11.5 Å². The van der Waals surface area contributed by atoms with E-state index in [-0.39, 0.29) is 5.91 Å². The Morgan fingerprint density at radius 2 is 2.05 bits per heavy atom. The quantitative estimate of drug-likeness (QED) is 0.561. The number of imidazole rings is 1. The van der Waals surface area contributed by atoms with Crippen LogP contribution in [0.5, 0.6) is 0 Å². The maximum atomic E-state index is 11.9. The zero-order valence-corrected chi connectivity index (χ0v) is 11.2. The highest BCUT2D eigenvalue weighted by atomic mass is 16.2. The molecule has 0 aliphatic rings. The van der Waals surface area contributed by atoms with E-state index in [9.17, 15) is 4.79 Å². The second-order valence-electron chi connectivity index (χ2n) is 4.33. The monoisotopic (exact) mass is 280 g/mol. The molecular weight excluding hydrogens is 268 g/mol. The van der Waals surface area contributed by atoms with Gasteiger partial charge in [-0.25, -0.2) is 15.4 Å². The Bertz CT molecular complexity index is 775. The lowest BCUT2D eigenvalue weighted by atomic mass is 10.3. The van der Waals surface area contributed by atoms with Gasteiger partial charge in [-0.1, -0.05) is 0 Å². The summed E-state index contributed by atoms with van der Waals surface area (Å²) in [6.07, 6.45) is 4.78. The van der Waals surface area contributed by atoms with E-state index >= 15 is 0 Å². The number of carbonyl (C=O) groups is 1. The van der Waals surface area contributed by atoms with Crippen molar-refractivity contribution in [1.82, 2.24) is 25.4 Å². The standard InChI is InChI=1S/C14H12N6O/c1-9(12-17-11-3-2-6-16-13(11)18-12)19-20-14(21)10-4-7-15-8-5-10/h2-8H,1H3,(H,20,21)(H,16,17,18)/b19-9-. The molecule has 2 N–H and O–H groups in total. The van der Waals surface area contributed by atoms with Crippen LogP contribution in [0.4, 0.5) is 0 Å². The van der Waals surface area contributed by atoms with Gasteiger partial charge in [0, 0.05) is 24.2 Å².